The van der Waals surface area contributed by atoms with Crippen molar-refractivity contribution in [2.24, 2.45) is 5.92 Å². The van der Waals surface area contributed by atoms with E-state index in [4.69, 9.17) is 0 Å². The maximum Gasteiger partial charge on any atom is 0.276 e. The topological polar surface area (TPSA) is 80.1 Å². The Kier molecular flexibility index (Phi) is 5.36. The highest BCUT2D eigenvalue weighted by atomic mass is 16.6. The lowest BCUT2D eigenvalue weighted by Crippen LogP contribution is -2.26. The zero-order valence-electron chi connectivity index (χ0n) is 12.8. The summed E-state index contributed by atoms with van der Waals surface area (Å²) < 4.78 is 0. The zero-order chi connectivity index (χ0) is 15.2. The van der Waals surface area contributed by atoms with Gasteiger partial charge in [-0.05, 0) is 38.5 Å². The summed E-state index contributed by atoms with van der Waals surface area (Å²) in [6, 6.07) is 3.37. The summed E-state index contributed by atoms with van der Waals surface area (Å²) in [5.74, 6) is 1.98. The Labute approximate surface area is 125 Å². The van der Waals surface area contributed by atoms with Crippen molar-refractivity contribution in [3.05, 3.63) is 22.2 Å². The fourth-order valence-electron chi connectivity index (χ4n) is 2.89. The first kappa shape index (κ1) is 15.5. The van der Waals surface area contributed by atoms with Crippen LogP contribution in [0, 0.1) is 16.0 Å². The molecule has 0 amide bonds. The SMILES string of the molecule is CCNc1cc([N+](=O)[O-])cc(NC2CCC(CC)CC2)n1. The first-order chi connectivity index (χ1) is 10.1. The Hall–Kier alpha value is -1.85. The Bertz CT molecular complexity index is 485. The molecule has 0 aliphatic heterocycles. The van der Waals surface area contributed by atoms with Crippen molar-refractivity contribution < 1.29 is 4.92 Å². The van der Waals surface area contributed by atoms with E-state index in [-0.39, 0.29) is 10.6 Å². The molecule has 1 saturated carbocycles. The lowest BCUT2D eigenvalue weighted by atomic mass is 9.84. The van der Waals surface area contributed by atoms with Crippen LogP contribution in [0.1, 0.15) is 46.0 Å². The van der Waals surface area contributed by atoms with Gasteiger partial charge in [-0.25, -0.2) is 4.98 Å². The summed E-state index contributed by atoms with van der Waals surface area (Å²) >= 11 is 0. The number of aromatic nitrogens is 1. The molecule has 0 spiro atoms. The van der Waals surface area contributed by atoms with E-state index in [2.05, 4.69) is 22.5 Å². The third-order valence-electron chi connectivity index (χ3n) is 4.15. The van der Waals surface area contributed by atoms with Crippen molar-refractivity contribution in [2.75, 3.05) is 17.2 Å². The zero-order valence-corrected chi connectivity index (χ0v) is 12.8. The summed E-state index contributed by atoms with van der Waals surface area (Å²) in [5.41, 5.74) is 0.0747. The molecule has 1 aliphatic rings. The summed E-state index contributed by atoms with van der Waals surface area (Å²) in [7, 11) is 0. The summed E-state index contributed by atoms with van der Waals surface area (Å²) in [6.07, 6.45) is 5.91. The van der Waals surface area contributed by atoms with E-state index in [1.807, 2.05) is 6.92 Å². The summed E-state index contributed by atoms with van der Waals surface area (Å²) in [6.45, 7) is 4.87. The van der Waals surface area contributed by atoms with Crippen molar-refractivity contribution in [1.82, 2.24) is 4.98 Å². The molecule has 0 radical (unpaired) electrons. The molecule has 0 saturated heterocycles. The first-order valence-electron chi connectivity index (χ1n) is 7.79. The minimum absolute atomic E-state index is 0.0747. The van der Waals surface area contributed by atoms with E-state index in [0.29, 0.717) is 24.2 Å². The number of rotatable bonds is 6. The third-order valence-corrected chi connectivity index (χ3v) is 4.15. The van der Waals surface area contributed by atoms with E-state index in [1.165, 1.54) is 31.4 Å². The number of hydrogen-bond donors (Lipinski definition) is 2. The van der Waals surface area contributed by atoms with E-state index in [9.17, 15) is 10.1 Å². The van der Waals surface area contributed by atoms with Gasteiger partial charge >= 0.3 is 0 Å². The second-order valence-corrected chi connectivity index (χ2v) is 5.65. The van der Waals surface area contributed by atoms with Gasteiger partial charge in [-0.3, -0.25) is 10.1 Å². The summed E-state index contributed by atoms with van der Waals surface area (Å²) in [4.78, 5) is 15.0. The quantitative estimate of drug-likeness (QED) is 0.615. The van der Waals surface area contributed by atoms with Gasteiger partial charge in [0.05, 0.1) is 17.1 Å². The Morgan fingerprint density at radius 2 is 1.90 bits per heavy atom. The molecule has 2 rings (SSSR count). The Morgan fingerprint density at radius 1 is 1.24 bits per heavy atom. The van der Waals surface area contributed by atoms with E-state index in [1.54, 1.807) is 0 Å². The maximum atomic E-state index is 11.0. The molecular weight excluding hydrogens is 268 g/mol. The van der Waals surface area contributed by atoms with Crippen molar-refractivity contribution in [1.29, 1.82) is 0 Å². The molecule has 1 fully saturated rings. The van der Waals surface area contributed by atoms with Gasteiger partial charge in [-0.2, -0.15) is 0 Å². The highest BCUT2D eigenvalue weighted by Crippen LogP contribution is 2.29. The van der Waals surface area contributed by atoms with Crippen LogP contribution in [0.2, 0.25) is 0 Å². The van der Waals surface area contributed by atoms with Crippen molar-refractivity contribution in [3.63, 3.8) is 0 Å². The lowest BCUT2D eigenvalue weighted by Gasteiger charge is -2.28. The number of nitrogens with one attached hydrogen (secondary N) is 2. The van der Waals surface area contributed by atoms with Crippen molar-refractivity contribution >= 4 is 17.3 Å². The fourth-order valence-corrected chi connectivity index (χ4v) is 2.89. The van der Waals surface area contributed by atoms with Gasteiger partial charge in [0.1, 0.15) is 11.6 Å². The third kappa shape index (κ3) is 4.31. The predicted molar refractivity (Wildman–Crippen MR) is 84.7 cm³/mol. The van der Waals surface area contributed by atoms with Gasteiger partial charge in [-0.1, -0.05) is 13.3 Å². The summed E-state index contributed by atoms with van der Waals surface area (Å²) in [5, 5.41) is 17.4. The van der Waals surface area contributed by atoms with E-state index < -0.39 is 0 Å². The number of pyridine rings is 1. The van der Waals surface area contributed by atoms with Crippen LogP contribution in [0.25, 0.3) is 0 Å². The van der Waals surface area contributed by atoms with Gasteiger partial charge < -0.3 is 10.6 Å². The minimum Gasteiger partial charge on any atom is -0.370 e. The molecule has 1 aromatic heterocycles. The van der Waals surface area contributed by atoms with Crippen LogP contribution >= 0.6 is 0 Å². The minimum atomic E-state index is -0.373. The van der Waals surface area contributed by atoms with E-state index >= 15 is 0 Å². The smallest absolute Gasteiger partial charge is 0.276 e. The number of nitrogens with zero attached hydrogens (tertiary/aromatic N) is 2. The van der Waals surface area contributed by atoms with Gasteiger partial charge in [0, 0.05) is 12.6 Å². The fraction of sp³-hybridized carbons (Fsp3) is 0.667. The van der Waals surface area contributed by atoms with Gasteiger partial charge in [0.15, 0.2) is 0 Å². The molecule has 1 aliphatic carbocycles. The molecule has 21 heavy (non-hydrogen) atoms. The van der Waals surface area contributed by atoms with Gasteiger partial charge in [0.2, 0.25) is 0 Å². The van der Waals surface area contributed by atoms with Gasteiger partial charge in [0.25, 0.3) is 5.69 Å². The normalized spacial score (nSPS) is 21.8. The van der Waals surface area contributed by atoms with Crippen LogP contribution in [0.5, 0.6) is 0 Å². The second-order valence-electron chi connectivity index (χ2n) is 5.65. The lowest BCUT2D eigenvalue weighted by molar-refractivity contribution is -0.384. The molecule has 0 atom stereocenters. The number of nitro groups is 1. The van der Waals surface area contributed by atoms with Crippen LogP contribution in [-0.4, -0.2) is 22.5 Å². The predicted octanol–water partition coefficient (Wildman–Crippen LogP) is 3.80. The first-order valence-corrected chi connectivity index (χ1v) is 7.79. The molecule has 0 unspecified atom stereocenters. The molecule has 2 N–H and O–H groups in total. The van der Waals surface area contributed by atoms with Crippen LogP contribution in [0.15, 0.2) is 12.1 Å². The average Bonchev–Trinajstić information content (AvgIpc) is 2.48. The average molecular weight is 292 g/mol. The molecule has 6 nitrogen and oxygen atoms in total. The van der Waals surface area contributed by atoms with E-state index in [0.717, 1.165) is 18.8 Å². The second kappa shape index (κ2) is 7.24. The Balaban J connectivity index is 2.06. The maximum absolute atomic E-state index is 11.0. The van der Waals surface area contributed by atoms with Gasteiger partial charge in [-0.15, -0.1) is 0 Å². The van der Waals surface area contributed by atoms with Crippen LogP contribution in [0.4, 0.5) is 17.3 Å². The van der Waals surface area contributed by atoms with Crippen LogP contribution in [-0.2, 0) is 0 Å². The molecule has 1 heterocycles. The molecule has 116 valence electrons. The van der Waals surface area contributed by atoms with Crippen molar-refractivity contribution in [2.45, 2.75) is 52.0 Å². The molecule has 0 aromatic carbocycles. The number of hydrogen-bond acceptors (Lipinski definition) is 5. The molecular formula is C15H24N4O2. The molecule has 0 bridgehead atoms. The highest BCUT2D eigenvalue weighted by molar-refractivity contribution is 5.55. The Morgan fingerprint density at radius 3 is 2.48 bits per heavy atom. The highest BCUT2D eigenvalue weighted by Gasteiger charge is 2.21. The number of anilines is 2. The van der Waals surface area contributed by atoms with Crippen molar-refractivity contribution in [3.8, 4) is 0 Å². The standard InChI is InChI=1S/C15H24N4O2/c1-3-11-5-7-12(8-6-11)17-15-10-13(19(20)21)9-14(18-15)16-4-2/h9-12H,3-8H2,1-2H3,(H2,16,17,18). The van der Waals surface area contributed by atoms with Crippen LogP contribution < -0.4 is 10.6 Å². The van der Waals surface area contributed by atoms with Crippen LogP contribution in [0.3, 0.4) is 0 Å². The largest absolute Gasteiger partial charge is 0.370 e. The monoisotopic (exact) mass is 292 g/mol. The molecule has 1 aromatic rings. The molecule has 6 heteroatoms.